The van der Waals surface area contributed by atoms with Crippen molar-refractivity contribution in [1.82, 2.24) is 0 Å². The van der Waals surface area contributed by atoms with E-state index >= 15 is 0 Å². The van der Waals surface area contributed by atoms with E-state index in [1.807, 2.05) is 12.1 Å². The number of halogens is 2. The predicted molar refractivity (Wildman–Crippen MR) is 86.6 cm³/mol. The quantitative estimate of drug-likeness (QED) is 0.647. The van der Waals surface area contributed by atoms with E-state index in [9.17, 15) is 0 Å². The van der Waals surface area contributed by atoms with Crippen molar-refractivity contribution in [2.75, 3.05) is 13.0 Å². The van der Waals surface area contributed by atoms with Crippen LogP contribution in [-0.4, -0.2) is 13.0 Å². The zero-order chi connectivity index (χ0) is 13.7. The van der Waals surface area contributed by atoms with Gasteiger partial charge in [0.2, 0.25) is 0 Å². The van der Waals surface area contributed by atoms with Gasteiger partial charge in [-0.3, -0.25) is 0 Å². The first-order valence-electron chi connectivity index (χ1n) is 6.14. The zero-order valence-corrected chi connectivity index (χ0v) is 13.9. The first-order valence-corrected chi connectivity index (χ1v) is 8.28. The van der Waals surface area contributed by atoms with Crippen LogP contribution in [0.25, 0.3) is 0 Å². The summed E-state index contributed by atoms with van der Waals surface area (Å²) in [6, 6.07) is 12.5. The van der Waals surface area contributed by atoms with Crippen molar-refractivity contribution in [2.24, 2.45) is 5.92 Å². The monoisotopic (exact) mass is 358 g/mol. The highest BCUT2D eigenvalue weighted by molar-refractivity contribution is 9.11. The first-order chi connectivity index (χ1) is 9.21. The lowest BCUT2D eigenvalue weighted by atomic mass is 9.97. The van der Waals surface area contributed by atoms with Crippen molar-refractivity contribution in [1.29, 1.82) is 0 Å². The highest BCUT2D eigenvalue weighted by Gasteiger charge is 2.11. The SMILES string of the molecule is COc1ccc(CC(CCl)Cc2ccc(Br)s2)cc1. The van der Waals surface area contributed by atoms with Crippen LogP contribution in [0.15, 0.2) is 40.2 Å². The minimum absolute atomic E-state index is 0.473. The molecule has 0 saturated heterocycles. The van der Waals surface area contributed by atoms with Gasteiger partial charge < -0.3 is 4.74 Å². The van der Waals surface area contributed by atoms with E-state index in [1.165, 1.54) is 14.2 Å². The number of benzene rings is 1. The van der Waals surface area contributed by atoms with Gasteiger partial charge in [0.1, 0.15) is 5.75 Å². The number of ether oxygens (including phenoxy) is 1. The number of hydrogen-bond donors (Lipinski definition) is 0. The molecule has 0 aliphatic rings. The summed E-state index contributed by atoms with van der Waals surface area (Å²) in [6.45, 7) is 0. The van der Waals surface area contributed by atoms with Crippen LogP contribution in [0.5, 0.6) is 5.75 Å². The standard InChI is InChI=1S/C15H16BrClOS/c1-18-13-4-2-11(3-5-13)8-12(10-17)9-14-6-7-15(16)19-14/h2-7,12H,8-10H2,1H3. The molecule has 1 aromatic carbocycles. The lowest BCUT2D eigenvalue weighted by Crippen LogP contribution is -2.09. The van der Waals surface area contributed by atoms with Crippen LogP contribution in [0.2, 0.25) is 0 Å². The van der Waals surface area contributed by atoms with E-state index in [0.29, 0.717) is 11.8 Å². The summed E-state index contributed by atoms with van der Waals surface area (Å²) in [6.07, 6.45) is 2.04. The topological polar surface area (TPSA) is 9.23 Å². The van der Waals surface area contributed by atoms with Crippen LogP contribution in [0.1, 0.15) is 10.4 Å². The Labute approximate surface area is 131 Å². The van der Waals surface area contributed by atoms with Crippen molar-refractivity contribution in [3.63, 3.8) is 0 Å². The Morgan fingerprint density at radius 3 is 2.42 bits per heavy atom. The van der Waals surface area contributed by atoms with Gasteiger partial charge in [0.15, 0.2) is 0 Å². The van der Waals surface area contributed by atoms with Gasteiger partial charge in [0, 0.05) is 10.8 Å². The lowest BCUT2D eigenvalue weighted by molar-refractivity contribution is 0.414. The van der Waals surface area contributed by atoms with Crippen LogP contribution < -0.4 is 4.74 Å². The Morgan fingerprint density at radius 1 is 1.16 bits per heavy atom. The van der Waals surface area contributed by atoms with E-state index < -0.39 is 0 Å². The van der Waals surface area contributed by atoms with E-state index in [0.717, 1.165) is 18.6 Å². The minimum atomic E-state index is 0.473. The molecule has 4 heteroatoms. The molecule has 0 aliphatic carbocycles. The fourth-order valence-corrected chi connectivity index (χ4v) is 3.84. The summed E-state index contributed by atoms with van der Waals surface area (Å²) in [7, 11) is 1.69. The van der Waals surface area contributed by atoms with Gasteiger partial charge in [-0.2, -0.15) is 0 Å². The smallest absolute Gasteiger partial charge is 0.118 e. The molecule has 2 aromatic rings. The number of hydrogen-bond acceptors (Lipinski definition) is 2. The molecular formula is C15H16BrClOS. The Hall–Kier alpha value is -0.510. The first kappa shape index (κ1) is 14.9. The fraction of sp³-hybridized carbons (Fsp3) is 0.333. The largest absolute Gasteiger partial charge is 0.497 e. The molecule has 1 unspecified atom stereocenters. The maximum Gasteiger partial charge on any atom is 0.118 e. The van der Waals surface area contributed by atoms with E-state index in [2.05, 4.69) is 40.2 Å². The second-order valence-corrected chi connectivity index (χ2v) is 7.34. The van der Waals surface area contributed by atoms with Gasteiger partial charge in [-0.15, -0.1) is 22.9 Å². The van der Waals surface area contributed by atoms with Gasteiger partial charge in [0.05, 0.1) is 10.9 Å². The van der Waals surface area contributed by atoms with Crippen molar-refractivity contribution >= 4 is 38.9 Å². The van der Waals surface area contributed by atoms with Crippen LogP contribution in [-0.2, 0) is 12.8 Å². The predicted octanol–water partition coefficient (Wildman–Crippen LogP) is 5.16. The molecular weight excluding hydrogens is 344 g/mol. The van der Waals surface area contributed by atoms with E-state index in [1.54, 1.807) is 18.4 Å². The third kappa shape index (κ3) is 4.51. The summed E-state index contributed by atoms with van der Waals surface area (Å²) in [5, 5.41) is 0. The van der Waals surface area contributed by atoms with Crippen LogP contribution in [0.3, 0.4) is 0 Å². The third-order valence-corrected chi connectivity index (χ3v) is 5.10. The molecule has 1 aromatic heterocycles. The third-order valence-electron chi connectivity index (χ3n) is 3.02. The Bertz CT molecular complexity index is 509. The summed E-state index contributed by atoms with van der Waals surface area (Å²) >= 11 is 11.4. The molecule has 0 N–H and O–H groups in total. The Morgan fingerprint density at radius 2 is 1.89 bits per heavy atom. The van der Waals surface area contributed by atoms with E-state index in [-0.39, 0.29) is 0 Å². The lowest BCUT2D eigenvalue weighted by Gasteiger charge is -2.13. The molecule has 0 amide bonds. The number of rotatable bonds is 6. The zero-order valence-electron chi connectivity index (χ0n) is 10.7. The number of methoxy groups -OCH3 is 1. The summed E-state index contributed by atoms with van der Waals surface area (Å²) in [5.74, 6) is 2.05. The molecule has 2 rings (SSSR count). The average Bonchev–Trinajstić information content (AvgIpc) is 2.84. The van der Waals surface area contributed by atoms with Gasteiger partial charge in [-0.05, 0) is 64.5 Å². The highest BCUT2D eigenvalue weighted by atomic mass is 79.9. The van der Waals surface area contributed by atoms with Gasteiger partial charge in [-0.1, -0.05) is 12.1 Å². The summed E-state index contributed by atoms with van der Waals surface area (Å²) in [4.78, 5) is 1.38. The molecule has 0 spiro atoms. The van der Waals surface area contributed by atoms with Crippen molar-refractivity contribution in [3.05, 3.63) is 50.6 Å². The normalized spacial score (nSPS) is 12.4. The molecule has 19 heavy (non-hydrogen) atoms. The van der Waals surface area contributed by atoms with Crippen LogP contribution in [0, 0.1) is 5.92 Å². The molecule has 1 atom stereocenters. The number of alkyl halides is 1. The van der Waals surface area contributed by atoms with Crippen molar-refractivity contribution in [2.45, 2.75) is 12.8 Å². The Kier molecular flexibility index (Phi) is 5.74. The minimum Gasteiger partial charge on any atom is -0.497 e. The summed E-state index contributed by atoms with van der Waals surface area (Å²) in [5.41, 5.74) is 1.31. The molecule has 1 heterocycles. The highest BCUT2D eigenvalue weighted by Crippen LogP contribution is 2.26. The van der Waals surface area contributed by atoms with Gasteiger partial charge in [-0.25, -0.2) is 0 Å². The second-order valence-electron chi connectivity index (χ2n) is 4.48. The van der Waals surface area contributed by atoms with Crippen LogP contribution >= 0.6 is 38.9 Å². The fourth-order valence-electron chi connectivity index (χ4n) is 2.02. The maximum atomic E-state index is 6.10. The molecule has 1 nitrogen and oxygen atoms in total. The molecule has 0 bridgehead atoms. The second kappa shape index (κ2) is 7.32. The van der Waals surface area contributed by atoms with Crippen LogP contribution in [0.4, 0.5) is 0 Å². The molecule has 0 saturated carbocycles. The summed E-state index contributed by atoms with van der Waals surface area (Å²) < 4.78 is 6.35. The van der Waals surface area contributed by atoms with Gasteiger partial charge in [0.25, 0.3) is 0 Å². The van der Waals surface area contributed by atoms with E-state index in [4.69, 9.17) is 16.3 Å². The Balaban J connectivity index is 1.97. The average molecular weight is 360 g/mol. The molecule has 102 valence electrons. The molecule has 0 fully saturated rings. The van der Waals surface area contributed by atoms with Crippen molar-refractivity contribution < 1.29 is 4.74 Å². The van der Waals surface area contributed by atoms with Gasteiger partial charge >= 0.3 is 0 Å². The maximum absolute atomic E-state index is 6.10. The molecule has 0 aliphatic heterocycles. The number of thiophene rings is 1. The van der Waals surface area contributed by atoms with Crippen molar-refractivity contribution in [3.8, 4) is 5.75 Å². The molecule has 0 radical (unpaired) electrons.